The fourth-order valence-corrected chi connectivity index (χ4v) is 2.46. The maximum Gasteiger partial charge on any atom is 0.292 e. The summed E-state index contributed by atoms with van der Waals surface area (Å²) in [4.78, 5) is 12.3. The molecule has 0 amide bonds. The van der Waals surface area contributed by atoms with Gasteiger partial charge in [-0.1, -0.05) is 36.0 Å². The Kier molecular flexibility index (Phi) is 4.17. The van der Waals surface area contributed by atoms with Gasteiger partial charge in [0.25, 0.3) is 5.56 Å². The van der Waals surface area contributed by atoms with E-state index in [4.69, 9.17) is 23.2 Å². The van der Waals surface area contributed by atoms with E-state index in [9.17, 15) is 4.79 Å². The van der Waals surface area contributed by atoms with Crippen LogP contribution in [0, 0.1) is 5.92 Å². The number of anilines is 1. The van der Waals surface area contributed by atoms with Crippen LogP contribution in [0.1, 0.15) is 19.3 Å². The minimum Gasteiger partial charge on any atom is -0.382 e. The van der Waals surface area contributed by atoms with E-state index in [1.807, 2.05) is 0 Å². The van der Waals surface area contributed by atoms with E-state index in [0.29, 0.717) is 16.4 Å². The van der Waals surface area contributed by atoms with Crippen LogP contribution >= 0.6 is 23.2 Å². The molecule has 6 heteroatoms. The van der Waals surface area contributed by atoms with E-state index < -0.39 is 0 Å². The summed E-state index contributed by atoms with van der Waals surface area (Å²) in [5.74, 6) is 0.832. The van der Waals surface area contributed by atoms with Crippen molar-refractivity contribution in [3.8, 4) is 5.69 Å². The van der Waals surface area contributed by atoms with Crippen molar-refractivity contribution in [2.24, 2.45) is 5.92 Å². The second kappa shape index (κ2) is 6.08. The van der Waals surface area contributed by atoms with Gasteiger partial charge in [-0.3, -0.25) is 4.79 Å². The molecular weight excluding hydrogens is 309 g/mol. The fourth-order valence-electron chi connectivity index (χ4n) is 2.14. The van der Waals surface area contributed by atoms with Crippen LogP contribution in [-0.2, 0) is 0 Å². The summed E-state index contributed by atoms with van der Waals surface area (Å²) < 4.78 is 1.27. The molecule has 0 unspecified atom stereocenters. The van der Waals surface area contributed by atoms with Gasteiger partial charge in [0.1, 0.15) is 5.02 Å². The summed E-state index contributed by atoms with van der Waals surface area (Å²) in [6.45, 7) is 0.816. The maximum atomic E-state index is 12.3. The van der Waals surface area contributed by atoms with Gasteiger partial charge in [-0.05, 0) is 36.6 Å². The van der Waals surface area contributed by atoms with Crippen LogP contribution in [-0.4, -0.2) is 16.3 Å². The van der Waals surface area contributed by atoms with Crippen LogP contribution in [0.4, 0.5) is 5.69 Å². The van der Waals surface area contributed by atoms with Crippen molar-refractivity contribution < 1.29 is 0 Å². The first-order valence-corrected chi connectivity index (χ1v) is 7.68. The lowest BCUT2D eigenvalue weighted by molar-refractivity contribution is 0.756. The van der Waals surface area contributed by atoms with Crippen molar-refractivity contribution in [3.05, 3.63) is 50.9 Å². The third kappa shape index (κ3) is 3.39. The molecule has 1 aliphatic rings. The Hall–Kier alpha value is -1.52. The largest absolute Gasteiger partial charge is 0.382 e. The van der Waals surface area contributed by atoms with Gasteiger partial charge in [0.05, 0.1) is 17.6 Å². The molecule has 4 nitrogen and oxygen atoms in total. The Morgan fingerprint density at radius 1 is 1.24 bits per heavy atom. The van der Waals surface area contributed by atoms with E-state index in [-0.39, 0.29) is 10.6 Å². The molecular formula is C15H15Cl2N3O. The molecule has 1 N–H and O–H groups in total. The number of halogens is 2. The third-order valence-corrected chi connectivity index (χ3v) is 4.17. The van der Waals surface area contributed by atoms with Crippen molar-refractivity contribution >= 4 is 28.9 Å². The van der Waals surface area contributed by atoms with Crippen LogP contribution in [0.3, 0.4) is 0 Å². The molecule has 1 aromatic heterocycles. The first-order chi connectivity index (χ1) is 10.1. The normalized spacial score (nSPS) is 14.2. The monoisotopic (exact) mass is 323 g/mol. The second-order valence-corrected chi connectivity index (χ2v) is 6.04. The van der Waals surface area contributed by atoms with Crippen molar-refractivity contribution in [1.82, 2.24) is 9.78 Å². The molecule has 1 saturated carbocycles. The van der Waals surface area contributed by atoms with Gasteiger partial charge < -0.3 is 5.32 Å². The average molecular weight is 324 g/mol. The molecule has 1 aliphatic carbocycles. The molecule has 1 aromatic carbocycles. The van der Waals surface area contributed by atoms with Crippen molar-refractivity contribution in [1.29, 1.82) is 0 Å². The summed E-state index contributed by atoms with van der Waals surface area (Å²) >= 11 is 12.0. The van der Waals surface area contributed by atoms with Gasteiger partial charge in [-0.25, -0.2) is 0 Å². The van der Waals surface area contributed by atoms with Gasteiger partial charge in [-0.2, -0.15) is 9.78 Å². The maximum absolute atomic E-state index is 12.3. The van der Waals surface area contributed by atoms with Gasteiger partial charge in [-0.15, -0.1) is 0 Å². The minimum absolute atomic E-state index is 0.163. The van der Waals surface area contributed by atoms with Gasteiger partial charge in [0.15, 0.2) is 0 Å². The Balaban J connectivity index is 1.81. The van der Waals surface area contributed by atoms with Crippen LogP contribution in [0.2, 0.25) is 10.0 Å². The summed E-state index contributed by atoms with van der Waals surface area (Å²) in [6.07, 6.45) is 5.32. The highest BCUT2D eigenvalue weighted by Gasteiger charge is 2.20. The highest BCUT2D eigenvalue weighted by atomic mass is 35.5. The van der Waals surface area contributed by atoms with Crippen molar-refractivity contribution in [2.45, 2.75) is 19.3 Å². The standard InChI is InChI=1S/C15H15Cl2N3O/c16-11-3-5-12(6-4-11)20-15(21)14(17)13(9-19-20)18-8-7-10-1-2-10/h3-6,9-10,18H,1-2,7-8H2. The zero-order valence-electron chi connectivity index (χ0n) is 11.4. The zero-order chi connectivity index (χ0) is 14.8. The molecule has 0 aliphatic heterocycles. The number of hydrogen-bond acceptors (Lipinski definition) is 3. The van der Waals surface area contributed by atoms with Crippen LogP contribution in [0.25, 0.3) is 5.69 Å². The highest BCUT2D eigenvalue weighted by Crippen LogP contribution is 2.32. The molecule has 3 rings (SSSR count). The van der Waals surface area contributed by atoms with E-state index >= 15 is 0 Å². The summed E-state index contributed by atoms with van der Waals surface area (Å²) in [7, 11) is 0. The topological polar surface area (TPSA) is 46.9 Å². The zero-order valence-corrected chi connectivity index (χ0v) is 12.9. The molecule has 2 aromatic rings. The smallest absolute Gasteiger partial charge is 0.292 e. The molecule has 0 spiro atoms. The van der Waals surface area contributed by atoms with Crippen molar-refractivity contribution in [3.63, 3.8) is 0 Å². The Morgan fingerprint density at radius 3 is 2.62 bits per heavy atom. The van der Waals surface area contributed by atoms with Crippen LogP contribution < -0.4 is 10.9 Å². The fraction of sp³-hybridized carbons (Fsp3) is 0.333. The number of aromatic nitrogens is 2. The van der Waals surface area contributed by atoms with Crippen molar-refractivity contribution in [2.75, 3.05) is 11.9 Å². The van der Waals surface area contributed by atoms with Gasteiger partial charge in [0.2, 0.25) is 0 Å². The van der Waals surface area contributed by atoms with E-state index in [1.54, 1.807) is 30.5 Å². The lowest BCUT2D eigenvalue weighted by atomic mass is 10.3. The molecule has 1 heterocycles. The number of hydrogen-bond donors (Lipinski definition) is 1. The molecule has 0 radical (unpaired) electrons. The minimum atomic E-state index is -0.338. The van der Waals surface area contributed by atoms with Gasteiger partial charge in [0, 0.05) is 11.6 Å². The lowest BCUT2D eigenvalue weighted by Crippen LogP contribution is -2.22. The molecule has 0 atom stereocenters. The first-order valence-electron chi connectivity index (χ1n) is 6.93. The number of nitrogens with one attached hydrogen (secondary N) is 1. The van der Waals surface area contributed by atoms with E-state index in [1.165, 1.54) is 17.5 Å². The lowest BCUT2D eigenvalue weighted by Gasteiger charge is -2.10. The SMILES string of the molecule is O=c1c(Cl)c(NCCC2CC2)cnn1-c1ccc(Cl)cc1. The van der Waals surface area contributed by atoms with E-state index in [0.717, 1.165) is 18.9 Å². The van der Waals surface area contributed by atoms with E-state index in [2.05, 4.69) is 10.4 Å². The molecule has 110 valence electrons. The third-order valence-electron chi connectivity index (χ3n) is 3.56. The van der Waals surface area contributed by atoms with Crippen LogP contribution in [0.5, 0.6) is 0 Å². The van der Waals surface area contributed by atoms with Crippen LogP contribution in [0.15, 0.2) is 35.3 Å². The summed E-state index contributed by atoms with van der Waals surface area (Å²) in [6, 6.07) is 6.88. The number of rotatable bonds is 5. The Labute approximate surface area is 132 Å². The molecule has 21 heavy (non-hydrogen) atoms. The summed E-state index contributed by atoms with van der Waals surface area (Å²) in [5.41, 5.74) is 0.888. The molecule has 0 saturated heterocycles. The predicted octanol–water partition coefficient (Wildman–Crippen LogP) is 3.75. The number of nitrogens with zero attached hydrogens (tertiary/aromatic N) is 2. The Morgan fingerprint density at radius 2 is 1.95 bits per heavy atom. The second-order valence-electron chi connectivity index (χ2n) is 5.22. The molecule has 1 fully saturated rings. The highest BCUT2D eigenvalue weighted by molar-refractivity contribution is 6.33. The van der Waals surface area contributed by atoms with Gasteiger partial charge >= 0.3 is 0 Å². The predicted molar refractivity (Wildman–Crippen MR) is 85.7 cm³/mol. The average Bonchev–Trinajstić information content (AvgIpc) is 3.29. The summed E-state index contributed by atoms with van der Waals surface area (Å²) in [5, 5.41) is 8.12. The Bertz CT molecular complexity index is 693. The number of benzene rings is 1. The first kappa shape index (κ1) is 14.4. The molecule has 0 bridgehead atoms. The quantitative estimate of drug-likeness (QED) is 0.911.